The van der Waals surface area contributed by atoms with Crippen LogP contribution in [0, 0.1) is 10.1 Å². The standard InChI is InChI=1S/C20H26N4O6S/c1-6-23(7-2)31(27,28)20-12-15(24(25)26)8-11-18(20)22-21-14(3)17-10-9-16(29-4)13-19(17)30-5/h8-13,22H,6-7H2,1-5H3/b21-14-. The first-order chi connectivity index (χ1) is 14.7. The number of benzene rings is 2. The Morgan fingerprint density at radius 1 is 1.13 bits per heavy atom. The number of nitro benzene ring substituents is 1. The number of hydrogen-bond donors (Lipinski definition) is 1. The third-order valence-electron chi connectivity index (χ3n) is 4.64. The van der Waals surface area contributed by atoms with Crippen LogP contribution < -0.4 is 14.9 Å². The Morgan fingerprint density at radius 3 is 2.35 bits per heavy atom. The zero-order chi connectivity index (χ0) is 23.2. The predicted molar refractivity (Wildman–Crippen MR) is 119 cm³/mol. The van der Waals surface area contributed by atoms with Crippen LogP contribution >= 0.6 is 0 Å². The maximum atomic E-state index is 13.1. The van der Waals surface area contributed by atoms with Gasteiger partial charge in [-0.2, -0.15) is 9.41 Å². The van der Waals surface area contributed by atoms with Crippen LogP contribution in [0.3, 0.4) is 0 Å². The number of nitrogens with one attached hydrogen (secondary N) is 1. The highest BCUT2D eigenvalue weighted by Crippen LogP contribution is 2.30. The van der Waals surface area contributed by atoms with Crippen molar-refractivity contribution in [3.05, 3.63) is 52.1 Å². The first-order valence-corrected chi connectivity index (χ1v) is 10.9. The number of rotatable bonds is 10. The lowest BCUT2D eigenvalue weighted by Crippen LogP contribution is -2.31. The second-order valence-corrected chi connectivity index (χ2v) is 8.31. The minimum Gasteiger partial charge on any atom is -0.497 e. The van der Waals surface area contributed by atoms with E-state index in [0.717, 1.165) is 6.07 Å². The molecule has 10 nitrogen and oxygen atoms in total. The Kier molecular flexibility index (Phi) is 7.95. The molecule has 2 rings (SSSR count). The van der Waals surface area contributed by atoms with Gasteiger partial charge in [-0.05, 0) is 25.1 Å². The predicted octanol–water partition coefficient (Wildman–Crippen LogP) is 3.48. The molecule has 31 heavy (non-hydrogen) atoms. The summed E-state index contributed by atoms with van der Waals surface area (Å²) in [5.41, 5.74) is 3.73. The fraction of sp³-hybridized carbons (Fsp3) is 0.350. The summed E-state index contributed by atoms with van der Waals surface area (Å²) in [4.78, 5) is 10.3. The molecule has 0 atom stereocenters. The summed E-state index contributed by atoms with van der Waals surface area (Å²) >= 11 is 0. The molecule has 0 saturated carbocycles. The Hall–Kier alpha value is -3.18. The van der Waals surface area contributed by atoms with Gasteiger partial charge in [0, 0.05) is 36.9 Å². The van der Waals surface area contributed by atoms with Gasteiger partial charge in [0.2, 0.25) is 10.0 Å². The van der Waals surface area contributed by atoms with Crippen LogP contribution in [0.5, 0.6) is 11.5 Å². The zero-order valence-electron chi connectivity index (χ0n) is 18.1. The third-order valence-corrected chi connectivity index (χ3v) is 6.73. The van der Waals surface area contributed by atoms with Crippen molar-refractivity contribution in [2.45, 2.75) is 25.7 Å². The molecule has 0 aliphatic carbocycles. The van der Waals surface area contributed by atoms with E-state index in [9.17, 15) is 18.5 Å². The summed E-state index contributed by atoms with van der Waals surface area (Å²) < 4.78 is 37.9. The number of anilines is 1. The molecule has 0 aliphatic heterocycles. The van der Waals surface area contributed by atoms with Gasteiger partial charge in [-0.25, -0.2) is 8.42 Å². The largest absolute Gasteiger partial charge is 0.497 e. The second-order valence-electron chi connectivity index (χ2n) is 6.40. The molecule has 11 heteroatoms. The monoisotopic (exact) mass is 450 g/mol. The van der Waals surface area contributed by atoms with Crippen LogP contribution in [-0.2, 0) is 10.0 Å². The molecule has 2 aromatic rings. The summed E-state index contributed by atoms with van der Waals surface area (Å²) in [7, 11) is -0.903. The molecule has 0 heterocycles. The van der Waals surface area contributed by atoms with Crippen LogP contribution in [0.1, 0.15) is 26.3 Å². The van der Waals surface area contributed by atoms with E-state index in [1.807, 2.05) is 0 Å². The Morgan fingerprint density at radius 2 is 1.81 bits per heavy atom. The number of nitro groups is 1. The molecule has 0 aromatic heterocycles. The minimum atomic E-state index is -3.97. The quantitative estimate of drug-likeness (QED) is 0.334. The number of hydrogen-bond acceptors (Lipinski definition) is 8. The van der Waals surface area contributed by atoms with Crippen LogP contribution in [0.2, 0.25) is 0 Å². The molecular weight excluding hydrogens is 424 g/mol. The van der Waals surface area contributed by atoms with Gasteiger partial charge in [0.15, 0.2) is 0 Å². The van der Waals surface area contributed by atoms with Crippen LogP contribution in [0.25, 0.3) is 0 Å². The molecule has 0 radical (unpaired) electrons. The van der Waals surface area contributed by atoms with E-state index in [2.05, 4.69) is 10.5 Å². The van der Waals surface area contributed by atoms with E-state index in [1.165, 1.54) is 23.5 Å². The van der Waals surface area contributed by atoms with Crippen molar-refractivity contribution in [3.63, 3.8) is 0 Å². The summed E-state index contributed by atoms with van der Waals surface area (Å²) in [6.45, 7) is 5.58. The van der Waals surface area contributed by atoms with Crippen molar-refractivity contribution < 1.29 is 22.8 Å². The topological polar surface area (TPSA) is 123 Å². The maximum absolute atomic E-state index is 13.1. The molecule has 0 saturated heterocycles. The molecule has 0 unspecified atom stereocenters. The number of nitrogens with zero attached hydrogens (tertiary/aromatic N) is 3. The molecular formula is C20H26N4O6S. The van der Waals surface area contributed by atoms with Gasteiger partial charge in [-0.3, -0.25) is 15.5 Å². The number of ether oxygens (including phenoxy) is 2. The Labute approximate surface area is 181 Å². The first kappa shape index (κ1) is 24.1. The van der Waals surface area contributed by atoms with E-state index >= 15 is 0 Å². The average Bonchev–Trinajstić information content (AvgIpc) is 2.77. The Balaban J connectivity index is 2.51. The van der Waals surface area contributed by atoms with Gasteiger partial charge in [0.1, 0.15) is 16.4 Å². The van der Waals surface area contributed by atoms with Crippen molar-refractivity contribution in [3.8, 4) is 11.5 Å². The summed E-state index contributed by atoms with van der Waals surface area (Å²) in [5.74, 6) is 1.14. The van der Waals surface area contributed by atoms with Crippen LogP contribution in [0.15, 0.2) is 46.4 Å². The summed E-state index contributed by atoms with van der Waals surface area (Å²) in [6.07, 6.45) is 0. The van der Waals surface area contributed by atoms with Gasteiger partial charge in [-0.15, -0.1) is 0 Å². The highest BCUT2D eigenvalue weighted by Gasteiger charge is 2.27. The van der Waals surface area contributed by atoms with E-state index in [0.29, 0.717) is 22.8 Å². The zero-order valence-corrected chi connectivity index (χ0v) is 18.9. The van der Waals surface area contributed by atoms with Gasteiger partial charge in [0.05, 0.1) is 30.5 Å². The van der Waals surface area contributed by atoms with Crippen molar-refractivity contribution >= 4 is 27.1 Å². The first-order valence-electron chi connectivity index (χ1n) is 9.50. The second kappa shape index (κ2) is 10.2. The third kappa shape index (κ3) is 5.30. The van der Waals surface area contributed by atoms with Gasteiger partial charge in [0.25, 0.3) is 5.69 Å². The Bertz CT molecular complexity index is 1080. The average molecular weight is 451 g/mol. The lowest BCUT2D eigenvalue weighted by molar-refractivity contribution is -0.385. The van der Waals surface area contributed by atoms with Crippen molar-refractivity contribution in [2.24, 2.45) is 5.10 Å². The SMILES string of the molecule is CCN(CC)S(=O)(=O)c1cc([N+](=O)[O-])ccc1N/N=C(/C)c1ccc(OC)cc1OC. The van der Waals surface area contributed by atoms with Crippen molar-refractivity contribution in [1.29, 1.82) is 0 Å². The normalized spacial score (nSPS) is 12.0. The lowest BCUT2D eigenvalue weighted by atomic mass is 10.1. The summed E-state index contributed by atoms with van der Waals surface area (Å²) in [5, 5.41) is 15.5. The molecule has 0 amide bonds. The number of methoxy groups -OCH3 is 2. The molecule has 168 valence electrons. The highest BCUT2D eigenvalue weighted by atomic mass is 32.2. The van der Waals surface area contributed by atoms with E-state index in [1.54, 1.807) is 46.1 Å². The van der Waals surface area contributed by atoms with Gasteiger partial charge >= 0.3 is 0 Å². The molecule has 0 bridgehead atoms. The molecule has 2 aromatic carbocycles. The lowest BCUT2D eigenvalue weighted by Gasteiger charge is -2.20. The number of sulfonamides is 1. The van der Waals surface area contributed by atoms with E-state index < -0.39 is 14.9 Å². The molecule has 0 fully saturated rings. The maximum Gasteiger partial charge on any atom is 0.270 e. The number of non-ortho nitro benzene ring substituents is 1. The van der Waals surface area contributed by atoms with Gasteiger partial charge < -0.3 is 9.47 Å². The fourth-order valence-electron chi connectivity index (χ4n) is 2.93. The highest BCUT2D eigenvalue weighted by molar-refractivity contribution is 7.89. The number of hydrazone groups is 1. The summed E-state index contributed by atoms with van der Waals surface area (Å²) in [6, 6.07) is 8.81. The van der Waals surface area contributed by atoms with E-state index in [4.69, 9.17) is 9.47 Å². The van der Waals surface area contributed by atoms with Crippen LogP contribution in [-0.4, -0.2) is 50.7 Å². The van der Waals surface area contributed by atoms with Crippen molar-refractivity contribution in [2.75, 3.05) is 32.7 Å². The smallest absolute Gasteiger partial charge is 0.270 e. The van der Waals surface area contributed by atoms with Crippen molar-refractivity contribution in [1.82, 2.24) is 4.31 Å². The molecule has 0 aliphatic rings. The molecule has 1 N–H and O–H groups in total. The van der Waals surface area contributed by atoms with Gasteiger partial charge in [-0.1, -0.05) is 13.8 Å². The minimum absolute atomic E-state index is 0.129. The van der Waals surface area contributed by atoms with E-state index in [-0.39, 0.29) is 29.4 Å². The molecule has 0 spiro atoms. The fourth-order valence-corrected chi connectivity index (χ4v) is 4.55. The van der Waals surface area contributed by atoms with Crippen LogP contribution in [0.4, 0.5) is 11.4 Å².